The van der Waals surface area contributed by atoms with Crippen LogP contribution in [0.2, 0.25) is 0 Å². The second-order valence-corrected chi connectivity index (χ2v) is 6.22. The van der Waals surface area contributed by atoms with E-state index in [1.807, 2.05) is 19.9 Å². The third-order valence-electron chi connectivity index (χ3n) is 3.02. The van der Waals surface area contributed by atoms with Crippen molar-refractivity contribution in [1.29, 1.82) is 0 Å². The van der Waals surface area contributed by atoms with Crippen molar-refractivity contribution in [1.82, 2.24) is 4.98 Å². The lowest BCUT2D eigenvalue weighted by molar-refractivity contribution is 0.0696. The molecule has 110 valence electrons. The summed E-state index contributed by atoms with van der Waals surface area (Å²) in [5, 5.41) is 8.53. The van der Waals surface area contributed by atoms with Gasteiger partial charge >= 0.3 is 5.97 Å². The zero-order valence-electron chi connectivity index (χ0n) is 11.5. The van der Waals surface area contributed by atoms with E-state index in [1.54, 1.807) is 12.1 Å². The number of carboxylic acid groups (broad SMARTS) is 1. The van der Waals surface area contributed by atoms with E-state index in [0.717, 1.165) is 23.4 Å². The average Bonchev–Trinajstić information content (AvgIpc) is 2.43. The molecule has 0 aliphatic carbocycles. The first-order valence-electron chi connectivity index (χ1n) is 6.09. The zero-order chi connectivity index (χ0) is 15.6. The van der Waals surface area contributed by atoms with Crippen molar-refractivity contribution in [2.45, 2.75) is 18.9 Å². The van der Waals surface area contributed by atoms with Crippen LogP contribution in [0.25, 0.3) is 0 Å². The number of pyridine rings is 1. The highest BCUT2D eigenvalue weighted by molar-refractivity contribution is 7.92. The van der Waals surface area contributed by atoms with Gasteiger partial charge in [-0.3, -0.25) is 4.72 Å². The number of carboxylic acids is 1. The minimum Gasteiger partial charge on any atom is -0.478 e. The van der Waals surface area contributed by atoms with E-state index in [9.17, 15) is 13.2 Å². The highest BCUT2D eigenvalue weighted by Gasteiger charge is 2.16. The molecule has 0 unspecified atom stereocenters. The Balaban J connectivity index is 2.29. The summed E-state index contributed by atoms with van der Waals surface area (Å²) in [6.45, 7) is 3.81. The minimum atomic E-state index is -3.84. The van der Waals surface area contributed by atoms with Crippen molar-refractivity contribution in [3.8, 4) is 0 Å². The molecule has 21 heavy (non-hydrogen) atoms. The van der Waals surface area contributed by atoms with Crippen LogP contribution in [0.15, 0.2) is 41.6 Å². The number of hydrogen-bond donors (Lipinski definition) is 2. The van der Waals surface area contributed by atoms with Gasteiger partial charge in [0, 0.05) is 11.9 Å². The van der Waals surface area contributed by atoms with Crippen LogP contribution < -0.4 is 4.72 Å². The summed E-state index contributed by atoms with van der Waals surface area (Å²) < 4.78 is 26.7. The van der Waals surface area contributed by atoms with Crippen LogP contribution in [0.1, 0.15) is 21.5 Å². The van der Waals surface area contributed by atoms with Crippen molar-refractivity contribution < 1.29 is 18.3 Å². The van der Waals surface area contributed by atoms with Crippen molar-refractivity contribution >= 4 is 21.7 Å². The largest absolute Gasteiger partial charge is 0.478 e. The van der Waals surface area contributed by atoms with Crippen LogP contribution in [0.5, 0.6) is 0 Å². The smallest absolute Gasteiger partial charge is 0.337 e. The van der Waals surface area contributed by atoms with Gasteiger partial charge in [-0.05, 0) is 49.2 Å². The molecule has 1 aromatic carbocycles. The molecule has 1 heterocycles. The molecule has 2 N–H and O–H groups in total. The van der Waals surface area contributed by atoms with Gasteiger partial charge in [-0.15, -0.1) is 0 Å². The predicted octanol–water partition coefficient (Wildman–Crippen LogP) is 2.20. The summed E-state index contributed by atoms with van der Waals surface area (Å²) >= 11 is 0. The molecule has 0 atom stereocenters. The molecule has 7 heteroatoms. The summed E-state index contributed by atoms with van der Waals surface area (Å²) in [5.41, 5.74) is 2.38. The predicted molar refractivity (Wildman–Crippen MR) is 77.9 cm³/mol. The number of anilines is 1. The first-order chi connectivity index (χ1) is 9.79. The summed E-state index contributed by atoms with van der Waals surface area (Å²) in [5.74, 6) is -1.16. The molecule has 0 spiro atoms. The van der Waals surface area contributed by atoms with Crippen LogP contribution in [-0.2, 0) is 10.0 Å². The first-order valence-corrected chi connectivity index (χ1v) is 7.57. The third kappa shape index (κ3) is 3.38. The maximum Gasteiger partial charge on any atom is 0.337 e. The Hall–Kier alpha value is -2.41. The maximum absolute atomic E-state index is 12.2. The van der Waals surface area contributed by atoms with E-state index >= 15 is 0 Å². The average molecular weight is 306 g/mol. The lowest BCUT2D eigenvalue weighted by atomic mass is 10.1. The summed E-state index contributed by atoms with van der Waals surface area (Å²) in [4.78, 5) is 14.4. The Morgan fingerprint density at radius 3 is 2.38 bits per heavy atom. The van der Waals surface area contributed by atoms with Crippen molar-refractivity contribution in [2.75, 3.05) is 4.72 Å². The molecule has 0 radical (unpaired) electrons. The van der Waals surface area contributed by atoms with Crippen molar-refractivity contribution in [2.24, 2.45) is 0 Å². The summed E-state index contributed by atoms with van der Waals surface area (Å²) in [6.07, 6.45) is 1.01. The van der Waals surface area contributed by atoms with Crippen LogP contribution in [-0.4, -0.2) is 24.5 Å². The van der Waals surface area contributed by atoms with Gasteiger partial charge in [0.2, 0.25) is 0 Å². The molecule has 2 rings (SSSR count). The van der Waals surface area contributed by atoms with Crippen LogP contribution in [0, 0.1) is 13.8 Å². The van der Waals surface area contributed by atoms with E-state index in [0.29, 0.717) is 5.69 Å². The minimum absolute atomic E-state index is 0.0693. The Morgan fingerprint density at radius 2 is 1.86 bits per heavy atom. The molecular formula is C14H14N2O4S. The van der Waals surface area contributed by atoms with Crippen LogP contribution >= 0.6 is 0 Å². The number of hydrogen-bond acceptors (Lipinski definition) is 4. The number of aromatic carboxylic acids is 1. The lowest BCUT2D eigenvalue weighted by Crippen LogP contribution is -2.15. The van der Waals surface area contributed by atoms with Gasteiger partial charge in [-0.25, -0.2) is 9.78 Å². The Morgan fingerprint density at radius 1 is 1.14 bits per heavy atom. The quantitative estimate of drug-likeness (QED) is 0.902. The highest BCUT2D eigenvalue weighted by Crippen LogP contribution is 2.18. The molecule has 6 nitrogen and oxygen atoms in total. The normalized spacial score (nSPS) is 11.1. The maximum atomic E-state index is 12.2. The number of sulfonamides is 1. The molecule has 0 saturated heterocycles. The standard InChI is InChI=1S/C14H14N2O4S/c1-9-3-5-12(7-10(9)2)16-21(19,20)13-6-4-11(8-15-13)14(17)18/h3-8,16H,1-2H3,(H,17,18). The first kappa shape index (κ1) is 15.0. The van der Waals surface area contributed by atoms with E-state index in [2.05, 4.69) is 9.71 Å². The van der Waals surface area contributed by atoms with E-state index in [-0.39, 0.29) is 10.6 Å². The highest BCUT2D eigenvalue weighted by atomic mass is 32.2. The second-order valence-electron chi connectivity index (χ2n) is 4.59. The number of carbonyl (C=O) groups is 1. The second kappa shape index (κ2) is 5.53. The van der Waals surface area contributed by atoms with Crippen molar-refractivity contribution in [3.05, 3.63) is 53.2 Å². The van der Waals surface area contributed by atoms with E-state index in [1.165, 1.54) is 6.07 Å². The molecule has 1 aromatic heterocycles. The van der Waals surface area contributed by atoms with E-state index in [4.69, 9.17) is 5.11 Å². The molecule has 0 amide bonds. The number of aryl methyl sites for hydroxylation is 2. The Kier molecular flexibility index (Phi) is 3.95. The molecule has 0 fully saturated rings. The topological polar surface area (TPSA) is 96.4 Å². The summed E-state index contributed by atoms with van der Waals surface area (Å²) in [7, 11) is -3.84. The molecule has 0 aliphatic rings. The number of aromatic nitrogens is 1. The monoisotopic (exact) mass is 306 g/mol. The van der Waals surface area contributed by atoms with Gasteiger partial charge in [-0.1, -0.05) is 6.07 Å². The fraction of sp³-hybridized carbons (Fsp3) is 0.143. The SMILES string of the molecule is Cc1ccc(NS(=O)(=O)c2ccc(C(=O)O)cn2)cc1C. The molecular weight excluding hydrogens is 292 g/mol. The van der Waals surface area contributed by atoms with Gasteiger partial charge in [0.05, 0.1) is 5.56 Å². The molecule has 2 aromatic rings. The summed E-state index contributed by atoms with van der Waals surface area (Å²) in [6, 6.07) is 7.55. The third-order valence-corrected chi connectivity index (χ3v) is 4.31. The molecule has 0 saturated carbocycles. The van der Waals surface area contributed by atoms with Gasteiger partial charge in [0.1, 0.15) is 0 Å². The number of rotatable bonds is 4. The van der Waals surface area contributed by atoms with Gasteiger partial charge < -0.3 is 5.11 Å². The molecule has 0 bridgehead atoms. The Bertz CT molecular complexity index is 783. The fourth-order valence-corrected chi connectivity index (χ4v) is 2.66. The zero-order valence-corrected chi connectivity index (χ0v) is 12.3. The van der Waals surface area contributed by atoms with Crippen molar-refractivity contribution in [3.63, 3.8) is 0 Å². The van der Waals surface area contributed by atoms with Gasteiger partial charge in [-0.2, -0.15) is 8.42 Å². The number of benzene rings is 1. The van der Waals surface area contributed by atoms with E-state index < -0.39 is 16.0 Å². The van der Waals surface area contributed by atoms with Gasteiger partial charge in [0.25, 0.3) is 10.0 Å². The molecule has 0 aliphatic heterocycles. The number of nitrogens with one attached hydrogen (secondary N) is 1. The number of nitrogens with zero attached hydrogens (tertiary/aromatic N) is 1. The van der Waals surface area contributed by atoms with Crippen LogP contribution in [0.3, 0.4) is 0 Å². The fourth-order valence-electron chi connectivity index (χ4n) is 1.68. The lowest BCUT2D eigenvalue weighted by Gasteiger charge is -2.09. The van der Waals surface area contributed by atoms with Gasteiger partial charge in [0.15, 0.2) is 5.03 Å². The van der Waals surface area contributed by atoms with Crippen LogP contribution in [0.4, 0.5) is 5.69 Å². The Labute approximate surface area is 122 Å².